The summed E-state index contributed by atoms with van der Waals surface area (Å²) in [6, 6.07) is 3.88. The van der Waals surface area contributed by atoms with Crippen LogP contribution < -0.4 is 4.74 Å². The van der Waals surface area contributed by atoms with Gasteiger partial charge in [-0.15, -0.1) is 0 Å². The fourth-order valence-electron chi connectivity index (χ4n) is 3.66. The van der Waals surface area contributed by atoms with E-state index in [1.807, 2.05) is 12.1 Å². The van der Waals surface area contributed by atoms with Crippen molar-refractivity contribution < 1.29 is 14.2 Å². The van der Waals surface area contributed by atoms with E-state index in [9.17, 15) is 0 Å². The first-order valence-electron chi connectivity index (χ1n) is 8.18. The number of rotatable bonds is 6. The second-order valence-corrected chi connectivity index (χ2v) is 6.36. The number of likely N-dealkylation sites (tertiary alicyclic amines) is 1. The molecule has 2 saturated heterocycles. The van der Waals surface area contributed by atoms with Crippen LogP contribution in [0.25, 0.3) is 0 Å². The minimum absolute atomic E-state index is 0.0973. The zero-order valence-corrected chi connectivity index (χ0v) is 13.4. The van der Waals surface area contributed by atoms with Crippen LogP contribution in [-0.4, -0.2) is 62.6 Å². The second kappa shape index (κ2) is 7.40. The summed E-state index contributed by atoms with van der Waals surface area (Å²) in [4.78, 5) is 6.61. The van der Waals surface area contributed by atoms with Crippen LogP contribution in [0.5, 0.6) is 5.75 Å². The molecule has 3 rings (SSSR count). The van der Waals surface area contributed by atoms with E-state index in [0.717, 1.165) is 51.4 Å². The van der Waals surface area contributed by atoms with Gasteiger partial charge in [-0.25, -0.2) is 0 Å². The van der Waals surface area contributed by atoms with E-state index in [4.69, 9.17) is 14.2 Å². The van der Waals surface area contributed by atoms with E-state index in [1.165, 1.54) is 6.42 Å². The monoisotopic (exact) mass is 306 g/mol. The largest absolute Gasteiger partial charge is 0.491 e. The molecule has 0 aliphatic carbocycles. The highest BCUT2D eigenvalue weighted by Gasteiger charge is 2.46. The number of methoxy groups -OCH3 is 1. The Morgan fingerprint density at radius 2 is 2.45 bits per heavy atom. The maximum atomic E-state index is 6.07. The lowest BCUT2D eigenvalue weighted by Crippen LogP contribution is -2.57. The highest BCUT2D eigenvalue weighted by molar-refractivity contribution is 5.16. The number of hydrogen-bond donors (Lipinski definition) is 0. The lowest BCUT2D eigenvalue weighted by atomic mass is 9.73. The van der Waals surface area contributed by atoms with E-state index in [0.29, 0.717) is 12.7 Å². The molecule has 2 atom stereocenters. The van der Waals surface area contributed by atoms with Crippen molar-refractivity contribution >= 4 is 0 Å². The molecule has 5 nitrogen and oxygen atoms in total. The van der Waals surface area contributed by atoms with Gasteiger partial charge in [0.15, 0.2) is 0 Å². The molecule has 0 radical (unpaired) electrons. The van der Waals surface area contributed by atoms with Crippen LogP contribution in [0.3, 0.4) is 0 Å². The van der Waals surface area contributed by atoms with Gasteiger partial charge in [0.25, 0.3) is 0 Å². The molecule has 0 aromatic carbocycles. The van der Waals surface area contributed by atoms with Crippen molar-refractivity contribution in [2.75, 3.05) is 46.6 Å². The Labute approximate surface area is 132 Å². The fourth-order valence-corrected chi connectivity index (χ4v) is 3.66. The van der Waals surface area contributed by atoms with Crippen LogP contribution in [0.2, 0.25) is 0 Å². The predicted molar refractivity (Wildman–Crippen MR) is 84.1 cm³/mol. The highest BCUT2D eigenvalue weighted by atomic mass is 16.5. The zero-order chi connectivity index (χ0) is 15.3. The number of ether oxygens (including phenoxy) is 3. The van der Waals surface area contributed by atoms with Crippen LogP contribution in [0.15, 0.2) is 24.5 Å². The third-order valence-corrected chi connectivity index (χ3v) is 4.84. The Balaban J connectivity index is 1.66. The molecule has 122 valence electrons. The quantitative estimate of drug-likeness (QED) is 0.804. The summed E-state index contributed by atoms with van der Waals surface area (Å²) in [6.45, 7) is 5.47. The maximum absolute atomic E-state index is 6.07. The van der Waals surface area contributed by atoms with Gasteiger partial charge in [0.05, 0.1) is 25.5 Å². The summed E-state index contributed by atoms with van der Waals surface area (Å²) >= 11 is 0. The third-order valence-electron chi connectivity index (χ3n) is 4.84. The van der Waals surface area contributed by atoms with Gasteiger partial charge in [0.2, 0.25) is 0 Å². The predicted octanol–water partition coefficient (Wildman–Crippen LogP) is 1.98. The normalized spacial score (nSPS) is 29.0. The van der Waals surface area contributed by atoms with Gasteiger partial charge in [-0.2, -0.15) is 0 Å². The van der Waals surface area contributed by atoms with Crippen molar-refractivity contribution in [1.82, 2.24) is 9.88 Å². The lowest BCUT2D eigenvalue weighted by molar-refractivity contribution is -0.140. The first-order chi connectivity index (χ1) is 10.8. The van der Waals surface area contributed by atoms with Crippen LogP contribution in [0.4, 0.5) is 0 Å². The Hall–Kier alpha value is -1.17. The molecule has 0 bridgehead atoms. The summed E-state index contributed by atoms with van der Waals surface area (Å²) in [7, 11) is 1.76. The molecule has 2 fully saturated rings. The van der Waals surface area contributed by atoms with Gasteiger partial charge in [0, 0.05) is 45.0 Å². The summed E-state index contributed by atoms with van der Waals surface area (Å²) in [5.41, 5.74) is 0.0973. The standard InChI is InChI=1S/C17H26N2O3/c1-20-11-9-19-8-5-16-17(13-19,6-3-10-21-16)14-22-15-4-2-7-18-12-15/h2,4,7,12,16H,3,5-6,8-11,13-14H2,1H3. The Bertz CT molecular complexity index is 456. The van der Waals surface area contributed by atoms with Gasteiger partial charge in [-0.05, 0) is 31.4 Å². The molecule has 0 N–H and O–H groups in total. The van der Waals surface area contributed by atoms with Gasteiger partial charge in [-0.3, -0.25) is 4.98 Å². The van der Waals surface area contributed by atoms with Crippen molar-refractivity contribution in [2.45, 2.75) is 25.4 Å². The second-order valence-electron chi connectivity index (χ2n) is 6.36. The van der Waals surface area contributed by atoms with Crippen molar-refractivity contribution in [3.63, 3.8) is 0 Å². The molecule has 2 aliphatic heterocycles. The molecule has 0 saturated carbocycles. The average Bonchev–Trinajstić information content (AvgIpc) is 2.59. The number of pyridine rings is 1. The van der Waals surface area contributed by atoms with Crippen molar-refractivity contribution in [3.05, 3.63) is 24.5 Å². The molecule has 2 unspecified atom stereocenters. The molecule has 22 heavy (non-hydrogen) atoms. The van der Waals surface area contributed by atoms with Gasteiger partial charge >= 0.3 is 0 Å². The van der Waals surface area contributed by atoms with Gasteiger partial charge < -0.3 is 19.1 Å². The van der Waals surface area contributed by atoms with Crippen molar-refractivity contribution in [2.24, 2.45) is 5.41 Å². The van der Waals surface area contributed by atoms with E-state index in [2.05, 4.69) is 9.88 Å². The molecule has 0 spiro atoms. The topological polar surface area (TPSA) is 43.8 Å². The van der Waals surface area contributed by atoms with Crippen LogP contribution >= 0.6 is 0 Å². The van der Waals surface area contributed by atoms with Gasteiger partial charge in [-0.1, -0.05) is 0 Å². The molecule has 3 heterocycles. The summed E-state index contributed by atoms with van der Waals surface area (Å²) in [6.07, 6.45) is 7.23. The number of nitrogens with zero attached hydrogens (tertiary/aromatic N) is 2. The van der Waals surface area contributed by atoms with Crippen LogP contribution in [0, 0.1) is 5.41 Å². The lowest BCUT2D eigenvalue weighted by Gasteiger charge is -2.50. The van der Waals surface area contributed by atoms with E-state index in [-0.39, 0.29) is 5.41 Å². The van der Waals surface area contributed by atoms with E-state index < -0.39 is 0 Å². The number of fused-ring (bicyclic) bond motifs is 1. The molecule has 5 heteroatoms. The molecule has 0 amide bonds. The minimum Gasteiger partial charge on any atom is -0.491 e. The molecular formula is C17H26N2O3. The SMILES string of the molecule is COCCN1CCC2OCCCC2(COc2cccnc2)C1. The summed E-state index contributed by atoms with van der Waals surface area (Å²) in [5, 5.41) is 0. The highest BCUT2D eigenvalue weighted by Crippen LogP contribution is 2.40. The fraction of sp³-hybridized carbons (Fsp3) is 0.706. The minimum atomic E-state index is 0.0973. The zero-order valence-electron chi connectivity index (χ0n) is 13.4. The first-order valence-corrected chi connectivity index (χ1v) is 8.18. The van der Waals surface area contributed by atoms with Crippen LogP contribution in [-0.2, 0) is 9.47 Å². The molecule has 1 aromatic rings. The Kier molecular flexibility index (Phi) is 5.28. The average molecular weight is 306 g/mol. The number of aromatic nitrogens is 1. The van der Waals surface area contributed by atoms with E-state index in [1.54, 1.807) is 19.5 Å². The summed E-state index contributed by atoms with van der Waals surface area (Å²) < 4.78 is 17.4. The molecule has 2 aliphatic rings. The molecular weight excluding hydrogens is 280 g/mol. The van der Waals surface area contributed by atoms with Gasteiger partial charge in [0.1, 0.15) is 5.75 Å². The van der Waals surface area contributed by atoms with Crippen molar-refractivity contribution in [1.29, 1.82) is 0 Å². The Morgan fingerprint density at radius 1 is 1.50 bits per heavy atom. The Morgan fingerprint density at radius 3 is 3.27 bits per heavy atom. The smallest absolute Gasteiger partial charge is 0.137 e. The number of hydrogen-bond acceptors (Lipinski definition) is 5. The van der Waals surface area contributed by atoms with Crippen LogP contribution in [0.1, 0.15) is 19.3 Å². The first kappa shape index (κ1) is 15.7. The van der Waals surface area contributed by atoms with Crippen molar-refractivity contribution in [3.8, 4) is 5.75 Å². The van der Waals surface area contributed by atoms with E-state index >= 15 is 0 Å². The number of piperidine rings is 1. The maximum Gasteiger partial charge on any atom is 0.137 e. The summed E-state index contributed by atoms with van der Waals surface area (Å²) in [5.74, 6) is 0.843. The molecule has 1 aromatic heterocycles. The third kappa shape index (κ3) is 3.59.